The fourth-order valence-electron chi connectivity index (χ4n) is 1.32. The van der Waals surface area contributed by atoms with Crippen molar-refractivity contribution in [2.45, 2.75) is 20.5 Å². The highest BCUT2D eigenvalue weighted by molar-refractivity contribution is 5.96. The molecule has 82 valence electrons. The van der Waals surface area contributed by atoms with E-state index in [1.165, 1.54) is 6.92 Å². The lowest BCUT2D eigenvalue weighted by molar-refractivity contribution is -0.0503. The van der Waals surface area contributed by atoms with Gasteiger partial charge in [-0.2, -0.15) is 8.78 Å². The molecule has 0 aliphatic heterocycles. The molecule has 0 spiro atoms. The molecule has 0 N–H and O–H groups in total. The van der Waals surface area contributed by atoms with Gasteiger partial charge in [0.05, 0.1) is 5.56 Å². The standard InChI is InChI=1S/C10H9F3O2/c1-5-8(15-10(12)13)4-3-7(11)9(5)6(2)14/h3-4,10H,1-2H3. The maximum atomic E-state index is 13.2. The van der Waals surface area contributed by atoms with E-state index >= 15 is 0 Å². The Labute approximate surface area is 84.7 Å². The second-order valence-corrected chi connectivity index (χ2v) is 2.98. The number of hydrogen-bond donors (Lipinski definition) is 0. The van der Waals surface area contributed by atoms with E-state index in [-0.39, 0.29) is 16.9 Å². The van der Waals surface area contributed by atoms with Crippen LogP contribution < -0.4 is 4.74 Å². The SMILES string of the molecule is CC(=O)c1c(F)ccc(OC(F)F)c1C. The molecule has 0 saturated heterocycles. The highest BCUT2D eigenvalue weighted by Crippen LogP contribution is 2.25. The molecule has 0 heterocycles. The third-order valence-corrected chi connectivity index (χ3v) is 1.93. The molecule has 0 unspecified atom stereocenters. The van der Waals surface area contributed by atoms with Gasteiger partial charge >= 0.3 is 6.61 Å². The fraction of sp³-hybridized carbons (Fsp3) is 0.300. The quantitative estimate of drug-likeness (QED) is 0.729. The van der Waals surface area contributed by atoms with Crippen molar-refractivity contribution >= 4 is 5.78 Å². The Bertz CT molecular complexity index is 388. The van der Waals surface area contributed by atoms with Crippen molar-refractivity contribution in [3.05, 3.63) is 29.1 Å². The van der Waals surface area contributed by atoms with Gasteiger partial charge in [0.15, 0.2) is 5.78 Å². The summed E-state index contributed by atoms with van der Waals surface area (Å²) in [5.74, 6) is -1.44. The average Bonchev–Trinajstić information content (AvgIpc) is 2.09. The van der Waals surface area contributed by atoms with Crippen molar-refractivity contribution in [3.8, 4) is 5.75 Å². The molecule has 2 nitrogen and oxygen atoms in total. The second kappa shape index (κ2) is 4.33. The van der Waals surface area contributed by atoms with Crippen LogP contribution in [-0.4, -0.2) is 12.4 Å². The van der Waals surface area contributed by atoms with Crippen molar-refractivity contribution in [1.82, 2.24) is 0 Å². The summed E-state index contributed by atoms with van der Waals surface area (Å²) >= 11 is 0. The van der Waals surface area contributed by atoms with Gasteiger partial charge in [0.1, 0.15) is 11.6 Å². The van der Waals surface area contributed by atoms with Gasteiger partial charge in [-0.3, -0.25) is 4.79 Å². The van der Waals surface area contributed by atoms with Crippen LogP contribution in [0, 0.1) is 12.7 Å². The fourth-order valence-corrected chi connectivity index (χ4v) is 1.32. The number of alkyl halides is 2. The average molecular weight is 218 g/mol. The molecule has 1 rings (SSSR count). The Kier molecular flexibility index (Phi) is 3.34. The van der Waals surface area contributed by atoms with Crippen molar-refractivity contribution in [1.29, 1.82) is 0 Å². The number of rotatable bonds is 3. The molecular formula is C10H9F3O2. The van der Waals surface area contributed by atoms with Crippen LogP contribution in [-0.2, 0) is 0 Å². The first-order valence-corrected chi connectivity index (χ1v) is 4.18. The Morgan fingerprint density at radius 1 is 1.40 bits per heavy atom. The molecule has 0 aliphatic rings. The first-order chi connectivity index (χ1) is 6.93. The van der Waals surface area contributed by atoms with E-state index in [2.05, 4.69) is 4.74 Å². The maximum Gasteiger partial charge on any atom is 0.387 e. The van der Waals surface area contributed by atoms with Gasteiger partial charge in [-0.1, -0.05) is 0 Å². The topological polar surface area (TPSA) is 26.3 Å². The van der Waals surface area contributed by atoms with E-state index in [1.807, 2.05) is 0 Å². The summed E-state index contributed by atoms with van der Waals surface area (Å²) in [6.45, 7) is -0.469. The Balaban J connectivity index is 3.22. The molecule has 0 saturated carbocycles. The predicted molar refractivity (Wildman–Crippen MR) is 47.8 cm³/mol. The normalized spacial score (nSPS) is 10.5. The summed E-state index contributed by atoms with van der Waals surface area (Å²) in [6.07, 6.45) is 0. The minimum atomic E-state index is -2.99. The number of carbonyl (C=O) groups excluding carboxylic acids is 1. The molecule has 0 aromatic heterocycles. The number of halogens is 3. The zero-order valence-corrected chi connectivity index (χ0v) is 8.18. The van der Waals surface area contributed by atoms with E-state index in [0.717, 1.165) is 19.1 Å². The number of hydrogen-bond acceptors (Lipinski definition) is 2. The molecule has 0 fully saturated rings. The van der Waals surface area contributed by atoms with Gasteiger partial charge < -0.3 is 4.74 Å². The first kappa shape index (κ1) is 11.6. The molecule has 1 aromatic rings. The van der Waals surface area contributed by atoms with Gasteiger partial charge in [0.2, 0.25) is 0 Å². The third kappa shape index (κ3) is 2.49. The van der Waals surface area contributed by atoms with Crippen LogP contribution in [0.4, 0.5) is 13.2 Å². The number of ketones is 1. The van der Waals surface area contributed by atoms with E-state index < -0.39 is 18.2 Å². The molecule has 0 aliphatic carbocycles. The molecule has 5 heteroatoms. The first-order valence-electron chi connectivity index (χ1n) is 4.18. The van der Waals surface area contributed by atoms with Gasteiger partial charge in [-0.15, -0.1) is 0 Å². The minimum Gasteiger partial charge on any atom is -0.435 e. The van der Waals surface area contributed by atoms with E-state index in [4.69, 9.17) is 0 Å². The predicted octanol–water partition coefficient (Wildman–Crippen LogP) is 2.94. The van der Waals surface area contributed by atoms with Gasteiger partial charge in [0.25, 0.3) is 0 Å². The number of Topliss-reactive ketones (excluding diaryl/α,β-unsaturated/α-hetero) is 1. The van der Waals surface area contributed by atoms with Crippen LogP contribution in [0.2, 0.25) is 0 Å². The summed E-state index contributed by atoms with van der Waals surface area (Å²) in [7, 11) is 0. The zero-order chi connectivity index (χ0) is 11.6. The molecule has 1 aromatic carbocycles. The molecular weight excluding hydrogens is 209 g/mol. The second-order valence-electron chi connectivity index (χ2n) is 2.98. The number of benzene rings is 1. The van der Waals surface area contributed by atoms with Gasteiger partial charge in [0, 0.05) is 5.56 Å². The Hall–Kier alpha value is -1.52. The summed E-state index contributed by atoms with van der Waals surface area (Å²) < 4.78 is 41.2. The third-order valence-electron chi connectivity index (χ3n) is 1.93. The largest absolute Gasteiger partial charge is 0.435 e. The van der Waals surface area contributed by atoms with Crippen molar-refractivity contribution in [3.63, 3.8) is 0 Å². The lowest BCUT2D eigenvalue weighted by atomic mass is 10.0. The van der Waals surface area contributed by atoms with E-state index in [0.29, 0.717) is 0 Å². The highest BCUT2D eigenvalue weighted by Gasteiger charge is 2.16. The Morgan fingerprint density at radius 3 is 2.47 bits per heavy atom. The Morgan fingerprint density at radius 2 is 2.00 bits per heavy atom. The minimum absolute atomic E-state index is 0.0859. The lowest BCUT2D eigenvalue weighted by Crippen LogP contribution is -2.07. The van der Waals surface area contributed by atoms with Crippen LogP contribution in [0.15, 0.2) is 12.1 Å². The van der Waals surface area contributed by atoms with E-state index in [1.54, 1.807) is 0 Å². The molecule has 15 heavy (non-hydrogen) atoms. The van der Waals surface area contributed by atoms with Gasteiger partial charge in [-0.05, 0) is 26.0 Å². The van der Waals surface area contributed by atoms with E-state index in [9.17, 15) is 18.0 Å². The number of ether oxygens (including phenoxy) is 1. The molecule has 0 radical (unpaired) electrons. The van der Waals surface area contributed by atoms with Crippen molar-refractivity contribution in [2.75, 3.05) is 0 Å². The monoisotopic (exact) mass is 218 g/mol. The highest BCUT2D eigenvalue weighted by atomic mass is 19.3. The van der Waals surface area contributed by atoms with Crippen molar-refractivity contribution in [2.24, 2.45) is 0 Å². The van der Waals surface area contributed by atoms with Crippen LogP contribution in [0.1, 0.15) is 22.8 Å². The van der Waals surface area contributed by atoms with Crippen LogP contribution in [0.3, 0.4) is 0 Å². The lowest BCUT2D eigenvalue weighted by Gasteiger charge is -2.10. The maximum absolute atomic E-state index is 13.2. The molecule has 0 bridgehead atoms. The molecule has 0 atom stereocenters. The van der Waals surface area contributed by atoms with Gasteiger partial charge in [-0.25, -0.2) is 4.39 Å². The summed E-state index contributed by atoms with van der Waals surface area (Å²) in [5.41, 5.74) is -0.129. The smallest absolute Gasteiger partial charge is 0.387 e. The van der Waals surface area contributed by atoms with Crippen molar-refractivity contribution < 1.29 is 22.7 Å². The van der Waals surface area contributed by atoms with Crippen LogP contribution in [0.5, 0.6) is 5.75 Å². The molecule has 0 amide bonds. The number of carbonyl (C=O) groups is 1. The zero-order valence-electron chi connectivity index (χ0n) is 8.18. The summed E-state index contributed by atoms with van der Waals surface area (Å²) in [4.78, 5) is 11.0. The summed E-state index contributed by atoms with van der Waals surface area (Å²) in [5, 5.41) is 0. The summed E-state index contributed by atoms with van der Waals surface area (Å²) in [6, 6.07) is 2.00. The van der Waals surface area contributed by atoms with Crippen LogP contribution >= 0.6 is 0 Å². The van der Waals surface area contributed by atoms with Crippen LogP contribution in [0.25, 0.3) is 0 Å².